The van der Waals surface area contributed by atoms with Crippen molar-refractivity contribution in [3.63, 3.8) is 0 Å². The molecule has 34 unspecified atom stereocenters. The highest BCUT2D eigenvalue weighted by molar-refractivity contribution is 5.96. The van der Waals surface area contributed by atoms with Gasteiger partial charge in [0.25, 0.3) is 0 Å². The monoisotopic (exact) mass is 1750 g/mol. The predicted molar refractivity (Wildman–Crippen MR) is 444 cm³/mol. The van der Waals surface area contributed by atoms with Crippen LogP contribution in [0.5, 0.6) is 0 Å². The fourth-order valence-corrected chi connectivity index (χ4v) is 19.8. The number of aliphatic hydroxyl groups excluding tert-OH is 1. The number of cyclic esters (lactones) is 2. The van der Waals surface area contributed by atoms with Crippen molar-refractivity contribution in [3.05, 3.63) is 30.4 Å². The van der Waals surface area contributed by atoms with E-state index < -0.39 is 222 Å². The second-order valence-corrected chi connectivity index (χ2v) is 36.8. The molecule has 0 saturated carbocycles. The molecule has 34 atom stereocenters. The summed E-state index contributed by atoms with van der Waals surface area (Å²) in [6.07, 6.45) is -9.84. The number of amides is 1. The van der Waals surface area contributed by atoms with Gasteiger partial charge in [-0.25, -0.2) is 19.1 Å². The molecule has 0 aliphatic carbocycles. The number of ketones is 2. The molecule has 35 heteroatoms. The molecule has 1 aromatic rings. The lowest BCUT2D eigenvalue weighted by Gasteiger charge is -2.50. The third-order valence-corrected chi connectivity index (χ3v) is 26.7. The Hall–Kier alpha value is -6.26. The van der Waals surface area contributed by atoms with E-state index >= 15 is 0 Å². The van der Waals surface area contributed by atoms with E-state index in [2.05, 4.69) is 4.98 Å². The van der Waals surface area contributed by atoms with Gasteiger partial charge in [-0.1, -0.05) is 48.5 Å². The summed E-state index contributed by atoms with van der Waals surface area (Å²) in [6.45, 7) is 39.1. The molecule has 0 radical (unpaired) electrons. The second-order valence-electron chi connectivity index (χ2n) is 36.8. The fraction of sp³-hybridized carbons (Fsp3) is 0.841. The van der Waals surface area contributed by atoms with E-state index in [9.17, 15) is 48.3 Å². The van der Waals surface area contributed by atoms with Crippen molar-refractivity contribution in [1.29, 1.82) is 0 Å². The number of hydrogen-bond donors (Lipinski definition) is 2. The van der Waals surface area contributed by atoms with E-state index in [1.165, 1.54) is 78.9 Å². The zero-order valence-electron chi connectivity index (χ0n) is 78.5. The molecule has 35 nitrogen and oxygen atoms in total. The minimum Gasteiger partial charge on any atom is -0.458 e. The van der Waals surface area contributed by atoms with Crippen LogP contribution in [0.25, 0.3) is 0 Å². The van der Waals surface area contributed by atoms with Crippen LogP contribution in [-0.2, 0) is 124 Å². The average Bonchev–Trinajstić information content (AvgIpc) is 1.66. The molecular formula is C88H146N6O29. The van der Waals surface area contributed by atoms with Gasteiger partial charge in [0, 0.05) is 110 Å². The molecule has 0 spiro atoms. The molecule has 7 aliphatic rings. The van der Waals surface area contributed by atoms with Crippen molar-refractivity contribution in [1.82, 2.24) is 24.3 Å². The number of imidazole rings is 1. The maximum Gasteiger partial charge on any atom is 0.420 e. The molecule has 702 valence electrons. The molecule has 8 rings (SSSR count). The molecule has 7 aliphatic heterocycles. The zero-order chi connectivity index (χ0) is 92.6. The third kappa shape index (κ3) is 23.6. The number of methoxy groups -OCH3 is 4. The molecule has 6 fully saturated rings. The number of carbonyl (C=O) groups is 9. The topological polar surface area (TPSA) is 403 Å². The summed E-state index contributed by atoms with van der Waals surface area (Å²) in [5, 5.41) is 11.7. The number of ether oxygens (including phenoxy) is 19. The van der Waals surface area contributed by atoms with Gasteiger partial charge < -0.3 is 111 Å². The quantitative estimate of drug-likeness (QED) is 0.0857. The van der Waals surface area contributed by atoms with Crippen LogP contribution in [0.15, 0.2) is 30.4 Å². The minimum absolute atomic E-state index is 0.0849. The highest BCUT2D eigenvalue weighted by atomic mass is 16.7. The number of likely N-dealkylation sites (N-methyl/N-ethyl adjacent to an activating group) is 2. The number of carbonyl (C=O) groups excluding carboxylic acids is 9. The molecule has 8 heterocycles. The number of rotatable bonds is 21. The average molecular weight is 1750 g/mol. The second kappa shape index (κ2) is 42.8. The lowest BCUT2D eigenvalue weighted by molar-refractivity contribution is -0.320. The summed E-state index contributed by atoms with van der Waals surface area (Å²) in [6, 6.07) is -1.47. The lowest BCUT2D eigenvalue weighted by atomic mass is 9.73. The molecule has 3 N–H and O–H groups in total. The van der Waals surface area contributed by atoms with Gasteiger partial charge in [-0.05, 0) is 168 Å². The first-order valence-electron chi connectivity index (χ1n) is 43.3. The van der Waals surface area contributed by atoms with Crippen LogP contribution in [0.1, 0.15) is 211 Å². The molecule has 123 heavy (non-hydrogen) atoms. The summed E-state index contributed by atoms with van der Waals surface area (Å²) in [5.74, 6) is -9.15. The molecule has 1 amide bonds. The summed E-state index contributed by atoms with van der Waals surface area (Å²) in [7, 11) is 13.6. The first kappa shape index (κ1) is 104. The number of hydrogen-bond acceptors (Lipinski definition) is 33. The molecule has 6 saturated heterocycles. The van der Waals surface area contributed by atoms with Crippen molar-refractivity contribution in [2.75, 3.05) is 63.3 Å². The Morgan fingerprint density at radius 1 is 0.561 bits per heavy atom. The molecule has 1 aromatic heterocycles. The molecule has 0 bridgehead atoms. The van der Waals surface area contributed by atoms with Gasteiger partial charge in [0.1, 0.15) is 41.6 Å². The third-order valence-electron chi connectivity index (χ3n) is 26.7. The summed E-state index contributed by atoms with van der Waals surface area (Å²) in [4.78, 5) is 132. The number of aliphatic hydroxyl groups is 1. The van der Waals surface area contributed by atoms with E-state index in [0.717, 1.165) is 4.57 Å². The maximum atomic E-state index is 14.8. The number of Topliss-reactive ketones (excluding diaryl/α,β-unsaturated/α-hetero) is 2. The largest absolute Gasteiger partial charge is 0.458 e. The number of fused-ring (bicyclic) bond motifs is 1. The predicted octanol–water partition coefficient (Wildman–Crippen LogP) is 8.81. The van der Waals surface area contributed by atoms with E-state index in [-0.39, 0.29) is 86.6 Å². The Bertz CT molecular complexity index is 3760. The first-order chi connectivity index (χ1) is 57.2. The smallest absolute Gasteiger partial charge is 0.420 e. The summed E-state index contributed by atoms with van der Waals surface area (Å²) in [5.41, 5.74) is -1.39. The van der Waals surface area contributed by atoms with Gasteiger partial charge in [-0.2, -0.15) is 0 Å². The zero-order valence-corrected chi connectivity index (χ0v) is 78.5. The minimum atomic E-state index is -1.63. The Morgan fingerprint density at radius 2 is 0.992 bits per heavy atom. The van der Waals surface area contributed by atoms with Crippen molar-refractivity contribution >= 4 is 53.6 Å². The lowest BCUT2D eigenvalue weighted by Crippen LogP contribution is -2.62. The first-order valence-corrected chi connectivity index (χ1v) is 43.3. The SMILES string of the molecule is CCC1OC(=O)C(C)C(OC2CC(C)(OC)C(OC(C)=O)C(C)O2)C(C)C(OC2OC(C)CC(N(C)C)C2O)C(C)(OC)CC(C)C(=O)C(C)C2N(CN)C(=O)OC12C.CCC1OC(=O)C(C)C(OC2CC(C)(OC)C(OC(C)=O)C(C)O2)C(C)C(OC2OC(C)CC(N(C)C)C2OC(C)=O)C(C)(OC)CC(C)C(=O)C(C)=CC1(C)OC(=O)n1ccnc1. The van der Waals surface area contributed by atoms with Gasteiger partial charge in [-0.3, -0.25) is 38.5 Å². The maximum absolute atomic E-state index is 14.8. The van der Waals surface area contributed by atoms with Crippen LogP contribution in [0.2, 0.25) is 0 Å². The fourth-order valence-electron chi connectivity index (χ4n) is 19.8. The Labute approximate surface area is 726 Å². The standard InChI is InChI=1S/C46H73N3O15.C42H73N3O14/c1-17-34-44(10,64-43(54)49-19-18-47-24-49)21-25(2)36(52)26(3)22-45(11,55-15)39(63-42-38(59-31(8)50)33(48(13)14)20-27(4)57-42)28(5)37(29(6)41(53)61-34)62-35-23-46(12,56-16)40(30(7)58-35)60-32(9)51;1-16-29-42(11)34(45(20-43)39(50)59-42)23(4)31(47)21(2)18-40(9,51-14)35(58-38-32(48)28(44(12)13)17-22(3)53-38)24(5)33(25(6)37(49)56-29)57-30-19-41(10,52-15)36(26(7)54-30)55-27(8)46/h18-19,21,24,26-30,33-35,37-40,42H,17,20,22-23H2,1-16H3;21-26,28-30,32-36,38,48H,16-20,43H2,1-15H3. The summed E-state index contributed by atoms with van der Waals surface area (Å²) < 4.78 is 121. The van der Waals surface area contributed by atoms with Crippen molar-refractivity contribution in [2.24, 2.45) is 47.2 Å². The molecular weight excluding hydrogens is 1600 g/mol. The normalized spacial score (nSPS) is 42.2. The number of aromatic nitrogens is 2. The van der Waals surface area contributed by atoms with Crippen molar-refractivity contribution in [3.8, 4) is 0 Å². The highest BCUT2D eigenvalue weighted by Gasteiger charge is 2.62. The Morgan fingerprint density at radius 3 is 1.41 bits per heavy atom. The van der Waals surface area contributed by atoms with E-state index in [1.807, 2.05) is 86.5 Å². The Balaban J connectivity index is 0.000000339. The van der Waals surface area contributed by atoms with E-state index in [1.54, 1.807) is 90.0 Å². The molecule has 0 aromatic carbocycles. The van der Waals surface area contributed by atoms with Gasteiger partial charge in [0.2, 0.25) is 0 Å². The number of allylic oxidation sites excluding steroid dienone is 1. The van der Waals surface area contributed by atoms with Crippen LogP contribution in [0.3, 0.4) is 0 Å². The van der Waals surface area contributed by atoms with Gasteiger partial charge in [-0.15, -0.1) is 0 Å². The van der Waals surface area contributed by atoms with Crippen LogP contribution in [0, 0.1) is 41.4 Å². The van der Waals surface area contributed by atoms with Crippen molar-refractivity contribution < 1.29 is 138 Å². The van der Waals surface area contributed by atoms with Crippen molar-refractivity contribution in [2.45, 2.75) is 373 Å². The van der Waals surface area contributed by atoms with Gasteiger partial charge >= 0.3 is 42.0 Å². The number of nitrogens with zero attached hydrogens (tertiary/aromatic N) is 5. The number of esters is 5. The van der Waals surface area contributed by atoms with E-state index in [4.69, 9.17) is 95.7 Å². The van der Waals surface area contributed by atoms with Crippen LogP contribution < -0.4 is 5.73 Å². The van der Waals surface area contributed by atoms with Gasteiger partial charge in [0.15, 0.2) is 60.5 Å². The number of nitrogens with two attached hydrogens (primary N) is 1. The van der Waals surface area contributed by atoms with Crippen LogP contribution in [-0.4, -0.2) is 309 Å². The van der Waals surface area contributed by atoms with Crippen LogP contribution >= 0.6 is 0 Å². The van der Waals surface area contributed by atoms with E-state index in [0.29, 0.717) is 12.8 Å². The Kier molecular flexibility index (Phi) is 36.1. The summed E-state index contributed by atoms with van der Waals surface area (Å²) >= 11 is 0. The van der Waals surface area contributed by atoms with Crippen LogP contribution in [0.4, 0.5) is 9.59 Å². The van der Waals surface area contributed by atoms with Gasteiger partial charge in [0.05, 0.1) is 90.6 Å². The highest BCUT2D eigenvalue weighted by Crippen LogP contribution is 2.48.